The highest BCUT2D eigenvalue weighted by molar-refractivity contribution is 6.35. The SMILES string of the molecule is CCc1noc(C2=C(C)NC(C)=C(OC(=O)OCCOC)C2c2ccc(Cl)cc2Cl)n1. The minimum atomic E-state index is -0.859. The number of aromatic nitrogens is 2. The lowest BCUT2D eigenvalue weighted by atomic mass is 9.85. The van der Waals surface area contributed by atoms with Crippen molar-refractivity contribution in [3.05, 3.63) is 62.7 Å². The number of allylic oxidation sites excluding steroid dienone is 3. The van der Waals surface area contributed by atoms with Gasteiger partial charge in [0.1, 0.15) is 12.4 Å². The molecule has 0 aliphatic carbocycles. The summed E-state index contributed by atoms with van der Waals surface area (Å²) < 4.78 is 21.1. The number of dihydropyridines is 1. The highest BCUT2D eigenvalue weighted by Gasteiger charge is 2.37. The van der Waals surface area contributed by atoms with Gasteiger partial charge in [-0.1, -0.05) is 41.3 Å². The first-order chi connectivity index (χ1) is 14.8. The van der Waals surface area contributed by atoms with Crippen LogP contribution in [0.25, 0.3) is 5.57 Å². The zero-order valence-corrected chi connectivity index (χ0v) is 19.1. The van der Waals surface area contributed by atoms with Gasteiger partial charge in [-0.15, -0.1) is 0 Å². The number of aryl methyl sites for hydroxylation is 1. The van der Waals surface area contributed by atoms with Gasteiger partial charge in [-0.05, 0) is 31.5 Å². The second-order valence-electron chi connectivity index (χ2n) is 6.81. The number of hydrogen-bond donors (Lipinski definition) is 1. The van der Waals surface area contributed by atoms with Crippen molar-refractivity contribution in [2.24, 2.45) is 0 Å². The summed E-state index contributed by atoms with van der Waals surface area (Å²) in [6.45, 7) is 5.91. The highest BCUT2D eigenvalue weighted by Crippen LogP contribution is 2.45. The molecule has 2 aromatic rings. The lowest BCUT2D eigenvalue weighted by molar-refractivity contribution is 0.0503. The molecule has 10 heteroatoms. The minimum Gasteiger partial charge on any atom is -0.432 e. The molecular weight excluding hydrogens is 445 g/mol. The van der Waals surface area contributed by atoms with Crippen LogP contribution in [0.3, 0.4) is 0 Å². The predicted octanol–water partition coefficient (Wildman–Crippen LogP) is 5.09. The standard InChI is InChI=1S/C21H23Cl2N3O5/c1-5-16-25-20(31-26-16)17-11(2)24-12(3)19(30-21(27)29-9-8-28-4)18(17)14-7-6-13(22)10-15(14)23/h6-7,10,18,24H,5,8-9H2,1-4H3. The first-order valence-electron chi connectivity index (χ1n) is 9.65. The number of methoxy groups -OCH3 is 1. The molecule has 0 radical (unpaired) electrons. The Labute approximate surface area is 190 Å². The fraction of sp³-hybridized carbons (Fsp3) is 0.381. The van der Waals surface area contributed by atoms with Crippen LogP contribution in [-0.4, -0.2) is 36.6 Å². The average molecular weight is 468 g/mol. The van der Waals surface area contributed by atoms with E-state index < -0.39 is 12.1 Å². The second kappa shape index (κ2) is 10.2. The minimum absolute atomic E-state index is 0.0622. The molecule has 0 spiro atoms. The summed E-state index contributed by atoms with van der Waals surface area (Å²) >= 11 is 12.6. The summed E-state index contributed by atoms with van der Waals surface area (Å²) in [6.07, 6.45) is -0.249. The number of ether oxygens (including phenoxy) is 3. The molecule has 3 rings (SSSR count). The summed E-state index contributed by atoms with van der Waals surface area (Å²) in [4.78, 5) is 16.8. The smallest absolute Gasteiger partial charge is 0.432 e. The van der Waals surface area contributed by atoms with E-state index in [1.807, 2.05) is 13.8 Å². The van der Waals surface area contributed by atoms with Gasteiger partial charge in [0.05, 0.1) is 23.8 Å². The normalized spacial score (nSPS) is 16.4. The fourth-order valence-corrected chi connectivity index (χ4v) is 3.78. The van der Waals surface area contributed by atoms with E-state index in [4.69, 9.17) is 41.9 Å². The molecule has 2 heterocycles. The molecule has 0 fully saturated rings. The third-order valence-corrected chi connectivity index (χ3v) is 5.25. The molecule has 1 aliphatic rings. The highest BCUT2D eigenvalue weighted by atomic mass is 35.5. The number of benzene rings is 1. The van der Waals surface area contributed by atoms with Crippen molar-refractivity contribution in [3.63, 3.8) is 0 Å². The summed E-state index contributed by atoms with van der Waals surface area (Å²) in [5.41, 5.74) is 2.69. The topological polar surface area (TPSA) is 95.7 Å². The molecule has 1 N–H and O–H groups in total. The Balaban J connectivity index is 2.07. The molecule has 1 atom stereocenters. The molecule has 1 unspecified atom stereocenters. The van der Waals surface area contributed by atoms with E-state index in [0.717, 1.165) is 5.70 Å². The van der Waals surface area contributed by atoms with Gasteiger partial charge in [-0.25, -0.2) is 4.79 Å². The third-order valence-electron chi connectivity index (χ3n) is 4.69. The van der Waals surface area contributed by atoms with E-state index in [2.05, 4.69) is 15.5 Å². The Kier molecular flexibility index (Phi) is 7.59. The Hall–Kier alpha value is -2.55. The largest absolute Gasteiger partial charge is 0.513 e. The Morgan fingerprint density at radius 3 is 2.65 bits per heavy atom. The van der Waals surface area contributed by atoms with Crippen LogP contribution < -0.4 is 5.32 Å². The molecule has 8 nitrogen and oxygen atoms in total. The van der Waals surface area contributed by atoms with Crippen LogP contribution >= 0.6 is 23.2 Å². The van der Waals surface area contributed by atoms with Crippen LogP contribution in [0.15, 0.2) is 39.9 Å². The summed E-state index contributed by atoms with van der Waals surface area (Å²) in [6, 6.07) is 5.12. The second-order valence-corrected chi connectivity index (χ2v) is 7.66. The van der Waals surface area contributed by atoms with Crippen molar-refractivity contribution >= 4 is 34.9 Å². The number of halogens is 2. The Bertz CT molecular complexity index is 1030. The summed E-state index contributed by atoms with van der Waals surface area (Å²) in [5.74, 6) is 0.567. The van der Waals surface area contributed by atoms with Crippen molar-refractivity contribution in [1.29, 1.82) is 0 Å². The van der Waals surface area contributed by atoms with E-state index in [-0.39, 0.29) is 13.2 Å². The molecule has 0 bridgehead atoms. The maximum Gasteiger partial charge on any atom is 0.513 e. The lowest BCUT2D eigenvalue weighted by Gasteiger charge is -2.30. The molecule has 31 heavy (non-hydrogen) atoms. The number of hydrogen-bond acceptors (Lipinski definition) is 8. The molecule has 0 amide bonds. The molecular formula is C21H23Cl2N3O5. The maximum absolute atomic E-state index is 12.3. The van der Waals surface area contributed by atoms with Gasteiger partial charge in [-0.2, -0.15) is 4.98 Å². The van der Waals surface area contributed by atoms with Gasteiger partial charge in [-0.3, -0.25) is 0 Å². The van der Waals surface area contributed by atoms with E-state index in [1.165, 1.54) is 7.11 Å². The molecule has 1 aliphatic heterocycles. The van der Waals surface area contributed by atoms with Crippen LogP contribution in [0.1, 0.15) is 44.0 Å². The van der Waals surface area contributed by atoms with Crippen LogP contribution in [0, 0.1) is 0 Å². The van der Waals surface area contributed by atoms with E-state index in [9.17, 15) is 4.79 Å². The van der Waals surface area contributed by atoms with Crippen molar-refractivity contribution in [1.82, 2.24) is 15.5 Å². The molecule has 166 valence electrons. The van der Waals surface area contributed by atoms with E-state index in [1.54, 1.807) is 25.1 Å². The number of nitrogens with one attached hydrogen (secondary N) is 1. The molecule has 1 aromatic carbocycles. The zero-order chi connectivity index (χ0) is 22.5. The fourth-order valence-electron chi connectivity index (χ4n) is 3.26. The first kappa shape index (κ1) is 23.1. The van der Waals surface area contributed by atoms with Crippen molar-refractivity contribution in [2.75, 3.05) is 20.3 Å². The Morgan fingerprint density at radius 2 is 2.00 bits per heavy atom. The van der Waals surface area contributed by atoms with Gasteiger partial charge in [0.2, 0.25) is 0 Å². The summed E-state index contributed by atoms with van der Waals surface area (Å²) in [7, 11) is 1.51. The van der Waals surface area contributed by atoms with Crippen molar-refractivity contribution in [3.8, 4) is 0 Å². The van der Waals surface area contributed by atoms with Crippen LogP contribution in [0.4, 0.5) is 4.79 Å². The number of carbonyl (C=O) groups is 1. The quantitative estimate of drug-likeness (QED) is 0.444. The number of rotatable bonds is 7. The van der Waals surface area contributed by atoms with E-state index in [0.29, 0.717) is 50.8 Å². The predicted molar refractivity (Wildman–Crippen MR) is 116 cm³/mol. The van der Waals surface area contributed by atoms with Gasteiger partial charge in [0.25, 0.3) is 5.89 Å². The van der Waals surface area contributed by atoms with Crippen molar-refractivity contribution < 1.29 is 23.5 Å². The average Bonchev–Trinajstić information content (AvgIpc) is 3.19. The number of nitrogens with zero attached hydrogens (tertiary/aromatic N) is 2. The first-order valence-corrected chi connectivity index (χ1v) is 10.4. The molecule has 0 saturated heterocycles. The van der Waals surface area contributed by atoms with Crippen LogP contribution in [0.2, 0.25) is 10.0 Å². The third kappa shape index (κ3) is 5.20. The maximum atomic E-state index is 12.3. The Morgan fingerprint density at radius 1 is 1.23 bits per heavy atom. The van der Waals surface area contributed by atoms with Gasteiger partial charge < -0.3 is 24.1 Å². The van der Waals surface area contributed by atoms with E-state index >= 15 is 0 Å². The monoisotopic (exact) mass is 467 g/mol. The number of carbonyl (C=O) groups excluding carboxylic acids is 1. The lowest BCUT2D eigenvalue weighted by Crippen LogP contribution is -2.27. The van der Waals surface area contributed by atoms with Gasteiger partial charge in [0, 0.05) is 29.3 Å². The molecule has 0 saturated carbocycles. The van der Waals surface area contributed by atoms with Crippen LogP contribution in [0.5, 0.6) is 0 Å². The molecule has 1 aromatic heterocycles. The summed E-state index contributed by atoms with van der Waals surface area (Å²) in [5, 5.41) is 8.10. The van der Waals surface area contributed by atoms with Crippen LogP contribution in [-0.2, 0) is 20.6 Å². The van der Waals surface area contributed by atoms with Crippen molar-refractivity contribution in [2.45, 2.75) is 33.1 Å². The zero-order valence-electron chi connectivity index (χ0n) is 17.6. The van der Waals surface area contributed by atoms with Gasteiger partial charge >= 0.3 is 6.16 Å². The van der Waals surface area contributed by atoms with Gasteiger partial charge in [0.15, 0.2) is 5.82 Å².